The van der Waals surface area contributed by atoms with Gasteiger partial charge >= 0.3 is 0 Å². The van der Waals surface area contributed by atoms with Gasteiger partial charge < -0.3 is 9.47 Å². The molecule has 0 saturated heterocycles. The van der Waals surface area contributed by atoms with E-state index in [1.807, 2.05) is 43.3 Å². The van der Waals surface area contributed by atoms with Crippen LogP contribution in [0.1, 0.15) is 23.6 Å². The third kappa shape index (κ3) is 4.14. The quantitative estimate of drug-likeness (QED) is 0.748. The Bertz CT molecular complexity index is 649. The lowest BCUT2D eigenvalue weighted by atomic mass is 10.1. The second kappa shape index (κ2) is 7.56. The van der Waals surface area contributed by atoms with Gasteiger partial charge in [-0.3, -0.25) is 0 Å². The molecule has 0 spiro atoms. The van der Waals surface area contributed by atoms with Gasteiger partial charge in [-0.25, -0.2) is 0 Å². The first kappa shape index (κ1) is 15.2. The predicted octanol–water partition coefficient (Wildman–Crippen LogP) is 4.27. The maximum Gasteiger partial charge on any atom is 0.161 e. The van der Waals surface area contributed by atoms with Crippen molar-refractivity contribution in [2.24, 2.45) is 0 Å². The van der Waals surface area contributed by atoms with Crippen LogP contribution in [0.2, 0.25) is 0 Å². The van der Waals surface area contributed by atoms with E-state index in [0.29, 0.717) is 36.2 Å². The maximum atomic E-state index is 8.90. The Kier molecular flexibility index (Phi) is 5.48. The number of nitrogens with zero attached hydrogens (tertiary/aromatic N) is 1. The van der Waals surface area contributed by atoms with E-state index < -0.39 is 0 Å². The Labute approximate surface area is 129 Å². The molecule has 3 nitrogen and oxygen atoms in total. The number of ether oxygens (including phenoxy) is 2. The van der Waals surface area contributed by atoms with Crippen LogP contribution >= 0.6 is 11.6 Å². The highest BCUT2D eigenvalue weighted by Gasteiger charge is 2.07. The summed E-state index contributed by atoms with van der Waals surface area (Å²) in [5, 5.41) is 8.90. The summed E-state index contributed by atoms with van der Waals surface area (Å²) in [5.41, 5.74) is 2.55. The summed E-state index contributed by atoms with van der Waals surface area (Å²) >= 11 is 5.83. The number of nitriles is 1. The minimum atomic E-state index is 0.385. The number of hydrogen-bond acceptors (Lipinski definition) is 3. The number of alkyl halides is 1. The van der Waals surface area contributed by atoms with Gasteiger partial charge in [0.2, 0.25) is 0 Å². The van der Waals surface area contributed by atoms with Gasteiger partial charge in [0.25, 0.3) is 0 Å². The molecule has 2 rings (SSSR count). The topological polar surface area (TPSA) is 42.2 Å². The maximum absolute atomic E-state index is 8.90. The Hall–Kier alpha value is -2.18. The predicted molar refractivity (Wildman–Crippen MR) is 82.7 cm³/mol. The van der Waals surface area contributed by atoms with Crippen LogP contribution in [0.15, 0.2) is 42.5 Å². The zero-order chi connectivity index (χ0) is 15.1. The van der Waals surface area contributed by atoms with E-state index in [4.69, 9.17) is 26.3 Å². The van der Waals surface area contributed by atoms with E-state index >= 15 is 0 Å². The van der Waals surface area contributed by atoms with Crippen molar-refractivity contribution in [2.75, 3.05) is 6.61 Å². The Morgan fingerprint density at radius 2 is 1.90 bits per heavy atom. The molecule has 0 amide bonds. The van der Waals surface area contributed by atoms with Gasteiger partial charge in [-0.15, -0.1) is 11.6 Å². The minimum absolute atomic E-state index is 0.385. The number of hydrogen-bond donors (Lipinski definition) is 0. The molecule has 21 heavy (non-hydrogen) atoms. The van der Waals surface area contributed by atoms with Crippen LogP contribution in [0.4, 0.5) is 0 Å². The van der Waals surface area contributed by atoms with E-state index in [1.165, 1.54) is 0 Å². The largest absolute Gasteiger partial charge is 0.490 e. The van der Waals surface area contributed by atoms with Crippen molar-refractivity contribution in [2.45, 2.75) is 19.4 Å². The molecule has 0 aliphatic rings. The van der Waals surface area contributed by atoms with Gasteiger partial charge in [-0.05, 0) is 42.3 Å². The van der Waals surface area contributed by atoms with Gasteiger partial charge in [0.15, 0.2) is 11.5 Å². The number of benzene rings is 2. The van der Waals surface area contributed by atoms with E-state index in [0.717, 1.165) is 11.1 Å². The summed E-state index contributed by atoms with van der Waals surface area (Å²) in [7, 11) is 0. The molecule has 0 aliphatic heterocycles. The van der Waals surface area contributed by atoms with Gasteiger partial charge in [-0.1, -0.05) is 18.2 Å². The van der Waals surface area contributed by atoms with Crippen molar-refractivity contribution < 1.29 is 9.47 Å². The van der Waals surface area contributed by atoms with Crippen molar-refractivity contribution >= 4 is 11.6 Å². The molecule has 2 aromatic carbocycles. The Morgan fingerprint density at radius 3 is 2.62 bits per heavy atom. The van der Waals surface area contributed by atoms with Crippen molar-refractivity contribution in [1.29, 1.82) is 5.26 Å². The first-order chi connectivity index (χ1) is 10.3. The molecular formula is C17H16ClNO2. The van der Waals surface area contributed by atoms with Gasteiger partial charge in [0.05, 0.1) is 18.2 Å². The summed E-state index contributed by atoms with van der Waals surface area (Å²) in [6.07, 6.45) is 0. The smallest absolute Gasteiger partial charge is 0.161 e. The highest BCUT2D eigenvalue weighted by atomic mass is 35.5. The normalized spacial score (nSPS) is 9.95. The first-order valence-corrected chi connectivity index (χ1v) is 7.23. The van der Waals surface area contributed by atoms with Crippen LogP contribution < -0.4 is 9.47 Å². The van der Waals surface area contributed by atoms with Crippen molar-refractivity contribution in [3.8, 4) is 17.6 Å². The summed E-state index contributed by atoms with van der Waals surface area (Å²) in [4.78, 5) is 0. The highest BCUT2D eigenvalue weighted by Crippen LogP contribution is 2.29. The fourth-order valence-corrected chi connectivity index (χ4v) is 2.08. The molecule has 0 radical (unpaired) electrons. The van der Waals surface area contributed by atoms with E-state index in [9.17, 15) is 0 Å². The van der Waals surface area contributed by atoms with Crippen LogP contribution in [0.3, 0.4) is 0 Å². The van der Waals surface area contributed by atoms with Gasteiger partial charge in [-0.2, -0.15) is 5.26 Å². The zero-order valence-corrected chi connectivity index (χ0v) is 12.6. The highest BCUT2D eigenvalue weighted by molar-refractivity contribution is 6.17. The lowest BCUT2D eigenvalue weighted by molar-refractivity contribution is 0.269. The average Bonchev–Trinajstić information content (AvgIpc) is 2.54. The molecule has 0 aromatic heterocycles. The molecule has 0 atom stereocenters. The van der Waals surface area contributed by atoms with Crippen LogP contribution in [0.5, 0.6) is 11.5 Å². The molecule has 108 valence electrons. The minimum Gasteiger partial charge on any atom is -0.490 e. The van der Waals surface area contributed by atoms with E-state index in [-0.39, 0.29) is 0 Å². The van der Waals surface area contributed by atoms with Crippen molar-refractivity contribution in [3.05, 3.63) is 59.2 Å². The fraction of sp³-hybridized carbons (Fsp3) is 0.235. The number of rotatable bonds is 6. The van der Waals surface area contributed by atoms with Crippen molar-refractivity contribution in [1.82, 2.24) is 0 Å². The SMILES string of the molecule is CCOc1cc(CCl)ccc1OCc1cccc(C#N)c1. The Balaban J connectivity index is 2.13. The Morgan fingerprint density at radius 1 is 1.05 bits per heavy atom. The summed E-state index contributed by atoms with van der Waals surface area (Å²) in [5.74, 6) is 1.80. The molecule has 0 heterocycles. The molecule has 0 bridgehead atoms. The molecular weight excluding hydrogens is 286 g/mol. The molecule has 4 heteroatoms. The molecule has 0 saturated carbocycles. The second-order valence-electron chi connectivity index (χ2n) is 4.45. The van der Waals surface area contributed by atoms with Gasteiger partial charge in [0, 0.05) is 5.88 Å². The molecule has 2 aromatic rings. The van der Waals surface area contributed by atoms with Gasteiger partial charge in [0.1, 0.15) is 6.61 Å². The lowest BCUT2D eigenvalue weighted by Gasteiger charge is -2.13. The summed E-state index contributed by atoms with van der Waals surface area (Å²) in [6, 6.07) is 15.1. The van der Waals surface area contributed by atoms with Crippen LogP contribution in [0.25, 0.3) is 0 Å². The third-order valence-electron chi connectivity index (χ3n) is 2.91. The fourth-order valence-electron chi connectivity index (χ4n) is 1.91. The monoisotopic (exact) mass is 301 g/mol. The molecule has 0 unspecified atom stereocenters. The van der Waals surface area contributed by atoms with Crippen molar-refractivity contribution in [3.63, 3.8) is 0 Å². The summed E-state index contributed by atoms with van der Waals surface area (Å²) < 4.78 is 11.4. The van der Waals surface area contributed by atoms with E-state index in [2.05, 4.69) is 6.07 Å². The second-order valence-corrected chi connectivity index (χ2v) is 4.72. The average molecular weight is 302 g/mol. The van der Waals surface area contributed by atoms with Crippen LogP contribution in [-0.2, 0) is 12.5 Å². The molecule has 0 aliphatic carbocycles. The molecule has 0 fully saturated rings. The first-order valence-electron chi connectivity index (χ1n) is 6.70. The third-order valence-corrected chi connectivity index (χ3v) is 3.22. The number of halogens is 1. The standard InChI is InChI=1S/C17H16ClNO2/c1-2-20-17-9-13(10-18)6-7-16(17)21-12-15-5-3-4-14(8-15)11-19/h3-9H,2,10,12H2,1H3. The molecule has 0 N–H and O–H groups in total. The lowest BCUT2D eigenvalue weighted by Crippen LogP contribution is -2.00. The van der Waals surface area contributed by atoms with Crippen LogP contribution in [-0.4, -0.2) is 6.61 Å². The zero-order valence-electron chi connectivity index (χ0n) is 11.8. The van der Waals surface area contributed by atoms with E-state index in [1.54, 1.807) is 6.07 Å². The summed E-state index contributed by atoms with van der Waals surface area (Å²) in [6.45, 7) is 2.87. The van der Waals surface area contributed by atoms with Crippen LogP contribution in [0, 0.1) is 11.3 Å².